The van der Waals surface area contributed by atoms with E-state index in [0.29, 0.717) is 10.3 Å². The summed E-state index contributed by atoms with van der Waals surface area (Å²) in [5.41, 5.74) is 10.1. The number of hydrogen-bond donors (Lipinski definition) is 0. The van der Waals surface area contributed by atoms with Crippen LogP contribution in [0.25, 0.3) is 33.4 Å². The van der Waals surface area contributed by atoms with Crippen molar-refractivity contribution in [3.63, 3.8) is 0 Å². The predicted molar refractivity (Wildman–Crippen MR) is 245 cm³/mol. The van der Waals surface area contributed by atoms with Crippen molar-refractivity contribution in [3.05, 3.63) is 77.9 Å². The van der Waals surface area contributed by atoms with Crippen LogP contribution in [0.3, 0.4) is 0 Å². The van der Waals surface area contributed by atoms with E-state index in [2.05, 4.69) is 94.4 Å². The maximum atomic E-state index is 6.84. The van der Waals surface area contributed by atoms with Crippen molar-refractivity contribution in [2.75, 3.05) is 28.4 Å². The zero-order valence-electron chi connectivity index (χ0n) is 37.0. The molecule has 4 nitrogen and oxygen atoms in total. The van der Waals surface area contributed by atoms with Crippen molar-refractivity contribution in [3.8, 4) is 56.4 Å². The van der Waals surface area contributed by atoms with Crippen LogP contribution in [0.4, 0.5) is 0 Å². The summed E-state index contributed by atoms with van der Waals surface area (Å²) in [6, 6.07) is 24.3. The van der Waals surface area contributed by atoms with Gasteiger partial charge in [-0.1, -0.05) is 72.0 Å². The molecule has 0 unspecified atom stereocenters. The van der Waals surface area contributed by atoms with E-state index in [1.54, 1.807) is 0 Å². The van der Waals surface area contributed by atoms with Crippen molar-refractivity contribution >= 4 is 13.2 Å². The van der Waals surface area contributed by atoms with Gasteiger partial charge in [0.2, 0.25) is 0 Å². The van der Waals surface area contributed by atoms with Gasteiger partial charge in [0, 0.05) is 22.0 Å². The molecular weight excluding hydrogens is 744 g/mol. The minimum absolute atomic E-state index is 0.211. The fourth-order valence-corrected chi connectivity index (χ4v) is 20.8. The molecule has 4 aromatic carbocycles. The molecule has 312 valence electrons. The molecule has 8 aliphatic carbocycles. The smallest absolute Gasteiger partial charge is 0.127 e. The van der Waals surface area contributed by atoms with Crippen LogP contribution in [-0.2, 0) is 0 Å². The molecule has 0 amide bonds. The second-order valence-corrected chi connectivity index (χ2v) is 23.7. The van der Waals surface area contributed by atoms with Crippen molar-refractivity contribution in [2.45, 2.75) is 127 Å². The van der Waals surface area contributed by atoms with Crippen molar-refractivity contribution in [1.82, 2.24) is 0 Å². The zero-order chi connectivity index (χ0) is 40.8. The van der Waals surface area contributed by atoms with Crippen LogP contribution in [0.2, 0.25) is 0 Å². The Bertz CT molecular complexity index is 2040. The van der Waals surface area contributed by atoms with Gasteiger partial charge in [-0.15, -0.1) is 0 Å². The van der Waals surface area contributed by atoms with Gasteiger partial charge in [0.25, 0.3) is 0 Å². The van der Waals surface area contributed by atoms with E-state index in [4.69, 9.17) is 18.9 Å². The average molecular weight is 811 g/mol. The zero-order valence-corrected chi connectivity index (χ0v) is 37.9. The third-order valence-electron chi connectivity index (χ3n) is 16.3. The number of benzene rings is 4. The summed E-state index contributed by atoms with van der Waals surface area (Å²) in [6.45, 7) is 9.60. The van der Waals surface area contributed by atoms with Gasteiger partial charge < -0.3 is 18.9 Å². The SMILES string of the molecule is COc1ccccc1-c1cc(-c2ccccc2OC)c(C(C)C)c(-c2c(OC)ccc(OC)c2P(C23CC4CC(CC(C4)C2)C3)C23CC4CC(CC(C4)C2)C3)c1C(C)C. The molecule has 59 heavy (non-hydrogen) atoms. The van der Waals surface area contributed by atoms with Gasteiger partial charge in [0.1, 0.15) is 23.0 Å². The number of methoxy groups -OCH3 is 4. The van der Waals surface area contributed by atoms with E-state index >= 15 is 0 Å². The number of rotatable bonds is 12. The molecular formula is C54H67O4P. The highest BCUT2D eigenvalue weighted by atomic mass is 31.1. The Morgan fingerprint density at radius 3 is 1.15 bits per heavy atom. The van der Waals surface area contributed by atoms with Crippen molar-refractivity contribution in [1.29, 1.82) is 0 Å². The first-order valence-electron chi connectivity index (χ1n) is 23.1. The Hall–Kier alpha value is -3.49. The topological polar surface area (TPSA) is 36.9 Å². The van der Waals surface area contributed by atoms with Crippen LogP contribution < -0.4 is 24.3 Å². The van der Waals surface area contributed by atoms with E-state index in [-0.39, 0.29) is 11.8 Å². The Morgan fingerprint density at radius 2 is 0.797 bits per heavy atom. The van der Waals surface area contributed by atoms with E-state index in [1.807, 2.05) is 28.4 Å². The molecule has 8 saturated carbocycles. The number of ether oxygens (including phenoxy) is 4. The molecule has 0 radical (unpaired) electrons. The van der Waals surface area contributed by atoms with Crippen molar-refractivity contribution in [2.24, 2.45) is 35.5 Å². The average Bonchev–Trinajstić information content (AvgIpc) is 3.21. The number of hydrogen-bond acceptors (Lipinski definition) is 4. The molecule has 0 spiro atoms. The molecule has 5 heteroatoms. The molecule has 0 saturated heterocycles. The Kier molecular flexibility index (Phi) is 10.2. The highest BCUT2D eigenvalue weighted by Gasteiger charge is 2.64. The summed E-state index contributed by atoms with van der Waals surface area (Å²) in [4.78, 5) is 0. The Labute approximate surface area is 355 Å². The van der Waals surface area contributed by atoms with Crippen molar-refractivity contribution < 1.29 is 18.9 Å². The predicted octanol–water partition coefficient (Wildman–Crippen LogP) is 14.0. The summed E-state index contributed by atoms with van der Waals surface area (Å²) in [7, 11) is 6.84. The number of para-hydroxylation sites is 2. The maximum absolute atomic E-state index is 6.84. The van der Waals surface area contributed by atoms with Gasteiger partial charge in [-0.2, -0.15) is 0 Å². The second-order valence-electron chi connectivity index (χ2n) is 20.7. The van der Waals surface area contributed by atoms with Gasteiger partial charge in [-0.25, -0.2) is 0 Å². The minimum atomic E-state index is -0.661. The van der Waals surface area contributed by atoms with E-state index in [1.165, 1.54) is 116 Å². The fraction of sp³-hybridized carbons (Fsp3) is 0.556. The molecule has 8 aliphatic rings. The van der Waals surface area contributed by atoms with Crippen LogP contribution in [0.15, 0.2) is 66.7 Å². The second kappa shape index (κ2) is 15.1. The molecule has 0 atom stereocenters. The normalized spacial score (nSPS) is 30.6. The highest BCUT2D eigenvalue weighted by molar-refractivity contribution is 7.69. The third-order valence-corrected chi connectivity index (χ3v) is 20.2. The lowest BCUT2D eigenvalue weighted by Crippen LogP contribution is -2.58. The molecule has 8 bridgehead atoms. The van der Waals surface area contributed by atoms with Gasteiger partial charge in [-0.05, 0) is 193 Å². The van der Waals surface area contributed by atoms with E-state index in [0.717, 1.165) is 69.6 Å². The summed E-state index contributed by atoms with van der Waals surface area (Å²) in [6.07, 6.45) is 17.2. The highest BCUT2D eigenvalue weighted by Crippen LogP contribution is 2.79. The third kappa shape index (κ3) is 6.38. The van der Waals surface area contributed by atoms with Crippen LogP contribution in [0.5, 0.6) is 23.0 Å². The lowest BCUT2D eigenvalue weighted by atomic mass is 9.55. The molecule has 0 heterocycles. The Balaban J connectivity index is 1.36. The van der Waals surface area contributed by atoms with Gasteiger partial charge in [-0.3, -0.25) is 0 Å². The molecule has 4 aromatic rings. The van der Waals surface area contributed by atoms with Crippen LogP contribution in [-0.4, -0.2) is 38.8 Å². The molecule has 0 aliphatic heterocycles. The molecule has 0 aromatic heterocycles. The lowest BCUT2D eigenvalue weighted by Gasteiger charge is -2.67. The minimum Gasteiger partial charge on any atom is -0.496 e. The van der Waals surface area contributed by atoms with E-state index in [9.17, 15) is 0 Å². The quantitative estimate of drug-likeness (QED) is 0.134. The fourth-order valence-electron chi connectivity index (χ4n) is 15.4. The van der Waals surface area contributed by atoms with Crippen LogP contribution in [0.1, 0.15) is 128 Å². The van der Waals surface area contributed by atoms with Gasteiger partial charge >= 0.3 is 0 Å². The molecule has 8 fully saturated rings. The summed E-state index contributed by atoms with van der Waals surface area (Å²) < 4.78 is 26.0. The lowest BCUT2D eigenvalue weighted by molar-refractivity contribution is 0.0195. The maximum Gasteiger partial charge on any atom is 0.127 e. The summed E-state index contributed by atoms with van der Waals surface area (Å²) >= 11 is 0. The Morgan fingerprint density at radius 1 is 0.441 bits per heavy atom. The summed E-state index contributed by atoms with van der Waals surface area (Å²) in [5.74, 6) is 9.58. The monoisotopic (exact) mass is 810 g/mol. The van der Waals surface area contributed by atoms with Gasteiger partial charge in [0.05, 0.1) is 28.4 Å². The first-order valence-corrected chi connectivity index (χ1v) is 24.5. The van der Waals surface area contributed by atoms with E-state index < -0.39 is 7.92 Å². The summed E-state index contributed by atoms with van der Waals surface area (Å²) in [5, 5.41) is 2.22. The largest absolute Gasteiger partial charge is 0.496 e. The first kappa shape index (κ1) is 39.6. The molecule has 12 rings (SSSR count). The van der Waals surface area contributed by atoms with Crippen LogP contribution in [0, 0.1) is 35.5 Å². The van der Waals surface area contributed by atoms with Gasteiger partial charge in [0.15, 0.2) is 0 Å². The van der Waals surface area contributed by atoms with Crippen LogP contribution >= 0.6 is 7.92 Å². The molecule has 0 N–H and O–H groups in total. The first-order chi connectivity index (χ1) is 28.6. The standard InChI is InChI=1S/C54H67O4P/c1-32(2)48-42(40-13-9-11-15-44(40)55-5)25-43(41-14-10-12-16-45(41)56-6)49(33(3)4)51(48)50-46(57-7)17-18-47(58-8)52(50)59(53-26-34-19-35(27-53)21-36(20-34)28-53)54-29-37-22-38(30-54)24-39(23-37)31-54/h9-18,25,32-39H,19-24,26-31H2,1-8H3.